The van der Waals surface area contributed by atoms with Crippen molar-refractivity contribution in [3.8, 4) is 17.2 Å². The van der Waals surface area contributed by atoms with Crippen molar-refractivity contribution < 1.29 is 28.5 Å². The average molecular weight is 359 g/mol. The van der Waals surface area contributed by atoms with Crippen LogP contribution in [0.5, 0.6) is 17.2 Å². The SMILES string of the molecule is COc1ccc(C(=O)OCC(=O)NCc2ccc(OC)c(OC)c2)cc1. The van der Waals surface area contributed by atoms with Gasteiger partial charge in [0.05, 0.1) is 26.9 Å². The zero-order valence-electron chi connectivity index (χ0n) is 14.9. The summed E-state index contributed by atoms with van der Waals surface area (Å²) in [5.74, 6) is 0.839. The minimum atomic E-state index is -0.575. The molecule has 0 aromatic heterocycles. The standard InChI is InChI=1S/C19H21NO6/c1-23-15-7-5-14(6-8-15)19(22)26-12-18(21)20-11-13-4-9-16(24-2)17(10-13)25-3/h4-10H,11-12H2,1-3H3,(H,20,21). The lowest BCUT2D eigenvalue weighted by molar-refractivity contribution is -0.124. The molecule has 0 heterocycles. The summed E-state index contributed by atoms with van der Waals surface area (Å²) in [7, 11) is 4.63. The molecule has 2 rings (SSSR count). The maximum atomic E-state index is 11.9. The summed E-state index contributed by atoms with van der Waals surface area (Å²) in [6.07, 6.45) is 0. The summed E-state index contributed by atoms with van der Waals surface area (Å²) >= 11 is 0. The fourth-order valence-electron chi connectivity index (χ4n) is 2.18. The number of methoxy groups -OCH3 is 3. The Morgan fingerprint density at radius 3 is 2.19 bits per heavy atom. The molecule has 0 unspecified atom stereocenters. The highest BCUT2D eigenvalue weighted by Crippen LogP contribution is 2.27. The van der Waals surface area contributed by atoms with Crippen LogP contribution in [-0.4, -0.2) is 39.8 Å². The summed E-state index contributed by atoms with van der Waals surface area (Å²) in [6.45, 7) is -0.0859. The minimum Gasteiger partial charge on any atom is -0.497 e. The van der Waals surface area contributed by atoms with Crippen LogP contribution in [0.2, 0.25) is 0 Å². The van der Waals surface area contributed by atoms with Gasteiger partial charge in [0.2, 0.25) is 0 Å². The molecule has 0 aliphatic rings. The van der Waals surface area contributed by atoms with E-state index in [2.05, 4.69) is 5.32 Å². The number of hydrogen-bond acceptors (Lipinski definition) is 6. The van der Waals surface area contributed by atoms with Gasteiger partial charge in [0.25, 0.3) is 5.91 Å². The second-order valence-corrected chi connectivity index (χ2v) is 5.27. The van der Waals surface area contributed by atoms with Crippen LogP contribution in [-0.2, 0) is 16.1 Å². The van der Waals surface area contributed by atoms with E-state index in [1.807, 2.05) is 6.07 Å². The smallest absolute Gasteiger partial charge is 0.338 e. The van der Waals surface area contributed by atoms with Gasteiger partial charge in [-0.3, -0.25) is 4.79 Å². The van der Waals surface area contributed by atoms with Crippen molar-refractivity contribution in [2.45, 2.75) is 6.54 Å². The number of rotatable bonds is 8. The summed E-state index contributed by atoms with van der Waals surface area (Å²) < 4.78 is 20.4. The number of hydrogen-bond donors (Lipinski definition) is 1. The van der Waals surface area contributed by atoms with Crippen molar-refractivity contribution >= 4 is 11.9 Å². The molecule has 0 saturated carbocycles. The molecule has 0 radical (unpaired) electrons. The molecule has 0 spiro atoms. The predicted molar refractivity (Wildman–Crippen MR) is 94.7 cm³/mol. The first-order valence-electron chi connectivity index (χ1n) is 7.86. The molecule has 1 amide bonds. The highest BCUT2D eigenvalue weighted by Gasteiger charge is 2.11. The van der Waals surface area contributed by atoms with Gasteiger partial charge in [-0.15, -0.1) is 0 Å². The quantitative estimate of drug-likeness (QED) is 0.728. The Kier molecular flexibility index (Phi) is 6.84. The van der Waals surface area contributed by atoms with Gasteiger partial charge in [0.15, 0.2) is 18.1 Å². The minimum absolute atomic E-state index is 0.277. The molecule has 0 atom stereocenters. The maximum absolute atomic E-state index is 11.9. The second-order valence-electron chi connectivity index (χ2n) is 5.27. The topological polar surface area (TPSA) is 83.1 Å². The van der Waals surface area contributed by atoms with E-state index in [0.717, 1.165) is 5.56 Å². The van der Waals surface area contributed by atoms with E-state index in [4.69, 9.17) is 18.9 Å². The number of benzene rings is 2. The Bertz CT molecular complexity index is 757. The summed E-state index contributed by atoms with van der Waals surface area (Å²) in [5, 5.41) is 2.68. The van der Waals surface area contributed by atoms with Crippen LogP contribution in [0.4, 0.5) is 0 Å². The lowest BCUT2D eigenvalue weighted by Crippen LogP contribution is -2.28. The lowest BCUT2D eigenvalue weighted by Gasteiger charge is -2.10. The second kappa shape index (κ2) is 9.31. The third-order valence-corrected chi connectivity index (χ3v) is 3.60. The van der Waals surface area contributed by atoms with Crippen LogP contribution in [0.15, 0.2) is 42.5 Å². The largest absolute Gasteiger partial charge is 0.497 e. The van der Waals surface area contributed by atoms with Gasteiger partial charge >= 0.3 is 5.97 Å². The zero-order valence-corrected chi connectivity index (χ0v) is 14.9. The number of nitrogens with one attached hydrogen (secondary N) is 1. The number of amides is 1. The van der Waals surface area contributed by atoms with Crippen LogP contribution in [0.1, 0.15) is 15.9 Å². The molecule has 7 heteroatoms. The highest BCUT2D eigenvalue weighted by molar-refractivity contribution is 5.91. The van der Waals surface area contributed by atoms with Gasteiger partial charge in [-0.1, -0.05) is 6.07 Å². The number of esters is 1. The molecule has 2 aromatic carbocycles. The molecule has 26 heavy (non-hydrogen) atoms. The Balaban J connectivity index is 1.82. The van der Waals surface area contributed by atoms with E-state index < -0.39 is 11.9 Å². The fraction of sp³-hybridized carbons (Fsp3) is 0.263. The van der Waals surface area contributed by atoms with Gasteiger partial charge in [0.1, 0.15) is 5.75 Å². The van der Waals surface area contributed by atoms with Crippen LogP contribution in [0.25, 0.3) is 0 Å². The van der Waals surface area contributed by atoms with E-state index in [1.54, 1.807) is 50.6 Å². The summed E-state index contributed by atoms with van der Waals surface area (Å²) in [6, 6.07) is 11.8. The van der Waals surface area contributed by atoms with Gasteiger partial charge in [-0.2, -0.15) is 0 Å². The van der Waals surface area contributed by atoms with Gasteiger partial charge in [0, 0.05) is 6.54 Å². The van der Waals surface area contributed by atoms with Crippen molar-refractivity contribution in [2.75, 3.05) is 27.9 Å². The van der Waals surface area contributed by atoms with E-state index in [1.165, 1.54) is 7.11 Å². The van der Waals surface area contributed by atoms with Crippen molar-refractivity contribution in [1.82, 2.24) is 5.32 Å². The molecule has 7 nitrogen and oxygen atoms in total. The van der Waals surface area contributed by atoms with E-state index in [9.17, 15) is 9.59 Å². The first kappa shape index (κ1) is 19.1. The fourth-order valence-corrected chi connectivity index (χ4v) is 2.18. The van der Waals surface area contributed by atoms with Crippen LogP contribution in [0, 0.1) is 0 Å². The third-order valence-electron chi connectivity index (χ3n) is 3.60. The lowest BCUT2D eigenvalue weighted by atomic mass is 10.2. The van der Waals surface area contributed by atoms with Crippen molar-refractivity contribution in [2.24, 2.45) is 0 Å². The number of ether oxygens (including phenoxy) is 4. The Labute approximate surface area is 151 Å². The molecule has 0 bridgehead atoms. The first-order valence-corrected chi connectivity index (χ1v) is 7.86. The first-order chi connectivity index (χ1) is 12.6. The monoisotopic (exact) mass is 359 g/mol. The van der Waals surface area contributed by atoms with Crippen molar-refractivity contribution in [1.29, 1.82) is 0 Å². The van der Waals surface area contributed by atoms with Gasteiger partial charge in [-0.25, -0.2) is 4.79 Å². The van der Waals surface area contributed by atoms with Gasteiger partial charge < -0.3 is 24.3 Å². The Hall–Kier alpha value is -3.22. The highest BCUT2D eigenvalue weighted by atomic mass is 16.5. The number of carbonyl (C=O) groups excluding carboxylic acids is 2. The molecule has 1 N–H and O–H groups in total. The van der Waals surface area contributed by atoms with E-state index in [0.29, 0.717) is 22.8 Å². The molecule has 138 valence electrons. The van der Waals surface area contributed by atoms with Crippen LogP contribution < -0.4 is 19.5 Å². The van der Waals surface area contributed by atoms with Crippen LogP contribution >= 0.6 is 0 Å². The van der Waals surface area contributed by atoms with E-state index in [-0.39, 0.29) is 13.2 Å². The number of carbonyl (C=O) groups is 2. The molecule has 2 aromatic rings. The summed E-state index contributed by atoms with van der Waals surface area (Å²) in [4.78, 5) is 23.8. The molecule has 0 aliphatic carbocycles. The van der Waals surface area contributed by atoms with Crippen molar-refractivity contribution in [3.05, 3.63) is 53.6 Å². The normalized spacial score (nSPS) is 9.96. The molecule has 0 saturated heterocycles. The third kappa shape index (κ3) is 5.14. The Morgan fingerprint density at radius 1 is 0.885 bits per heavy atom. The van der Waals surface area contributed by atoms with E-state index >= 15 is 0 Å². The summed E-state index contributed by atoms with van der Waals surface area (Å²) in [5.41, 5.74) is 1.18. The Morgan fingerprint density at radius 2 is 1.58 bits per heavy atom. The van der Waals surface area contributed by atoms with Crippen molar-refractivity contribution in [3.63, 3.8) is 0 Å². The molecular formula is C19H21NO6. The maximum Gasteiger partial charge on any atom is 0.338 e. The van der Waals surface area contributed by atoms with Gasteiger partial charge in [-0.05, 0) is 42.0 Å². The van der Waals surface area contributed by atoms with Crippen LogP contribution in [0.3, 0.4) is 0 Å². The molecular weight excluding hydrogens is 338 g/mol. The molecule has 0 aliphatic heterocycles. The average Bonchev–Trinajstić information content (AvgIpc) is 2.70. The zero-order chi connectivity index (χ0) is 18.9. The molecule has 0 fully saturated rings. The predicted octanol–water partition coefficient (Wildman–Crippen LogP) is 2.19.